The highest BCUT2D eigenvalue weighted by Gasteiger charge is 2.19. The van der Waals surface area contributed by atoms with Crippen molar-refractivity contribution in [2.45, 2.75) is 6.54 Å². The summed E-state index contributed by atoms with van der Waals surface area (Å²) in [5, 5.41) is 25.8. The lowest BCUT2D eigenvalue weighted by molar-refractivity contribution is -0.393. The SMILES string of the molecule is O=c1[nH]c(CNc2ccc([N+](=O)[O-])cc2[N+](=O)[O-])cs1. The Kier molecular flexibility index (Phi) is 3.75. The van der Waals surface area contributed by atoms with Gasteiger partial charge in [-0.3, -0.25) is 25.0 Å². The molecule has 0 aliphatic heterocycles. The van der Waals surface area contributed by atoms with E-state index in [0.29, 0.717) is 5.69 Å². The van der Waals surface area contributed by atoms with Crippen LogP contribution in [0.3, 0.4) is 0 Å². The Morgan fingerprint density at radius 1 is 1.25 bits per heavy atom. The minimum atomic E-state index is -0.703. The van der Waals surface area contributed by atoms with E-state index in [2.05, 4.69) is 10.3 Å². The Balaban J connectivity index is 2.24. The quantitative estimate of drug-likeness (QED) is 0.639. The third-order valence-corrected chi connectivity index (χ3v) is 3.15. The van der Waals surface area contributed by atoms with E-state index in [4.69, 9.17) is 0 Å². The topological polar surface area (TPSA) is 131 Å². The number of rotatable bonds is 5. The summed E-state index contributed by atoms with van der Waals surface area (Å²) < 4.78 is 0. The molecule has 0 unspecified atom stereocenters. The van der Waals surface area contributed by atoms with Crippen LogP contribution in [0.25, 0.3) is 0 Å². The largest absolute Gasteiger partial charge is 0.374 e. The number of thiazole rings is 1. The molecular weight excluding hydrogens is 288 g/mol. The number of benzene rings is 1. The van der Waals surface area contributed by atoms with Gasteiger partial charge in [0.25, 0.3) is 11.4 Å². The molecule has 0 bridgehead atoms. The van der Waals surface area contributed by atoms with E-state index in [1.165, 1.54) is 12.1 Å². The van der Waals surface area contributed by atoms with Gasteiger partial charge in [-0.15, -0.1) is 0 Å². The second-order valence-electron chi connectivity index (χ2n) is 3.74. The summed E-state index contributed by atoms with van der Waals surface area (Å²) in [7, 11) is 0. The number of H-pyrrole nitrogens is 1. The van der Waals surface area contributed by atoms with Crippen molar-refractivity contribution in [3.8, 4) is 0 Å². The van der Waals surface area contributed by atoms with Crippen molar-refractivity contribution in [1.82, 2.24) is 4.98 Å². The molecule has 9 nitrogen and oxygen atoms in total. The molecule has 1 aromatic heterocycles. The highest BCUT2D eigenvalue weighted by Crippen LogP contribution is 2.29. The average Bonchev–Trinajstić information content (AvgIpc) is 2.81. The van der Waals surface area contributed by atoms with Gasteiger partial charge in [-0.1, -0.05) is 11.3 Å². The molecule has 0 atom stereocenters. The van der Waals surface area contributed by atoms with Crippen molar-refractivity contribution in [3.05, 3.63) is 59.2 Å². The number of nitrogens with zero attached hydrogens (tertiary/aromatic N) is 2. The summed E-state index contributed by atoms with van der Waals surface area (Å²) >= 11 is 0.982. The first-order valence-corrected chi connectivity index (χ1v) is 6.18. The summed E-state index contributed by atoms with van der Waals surface area (Å²) in [4.78, 5) is 33.4. The van der Waals surface area contributed by atoms with E-state index in [1.54, 1.807) is 5.38 Å². The summed E-state index contributed by atoms with van der Waals surface area (Å²) in [5.74, 6) is 0. The molecule has 2 N–H and O–H groups in total. The molecule has 0 saturated heterocycles. The van der Waals surface area contributed by atoms with Crippen molar-refractivity contribution in [1.29, 1.82) is 0 Å². The van der Waals surface area contributed by atoms with Gasteiger partial charge in [0.05, 0.1) is 22.5 Å². The Labute approximate surface area is 115 Å². The van der Waals surface area contributed by atoms with Crippen molar-refractivity contribution in [2.24, 2.45) is 0 Å². The van der Waals surface area contributed by atoms with Crippen LogP contribution in [-0.4, -0.2) is 14.8 Å². The minimum Gasteiger partial charge on any atom is -0.374 e. The zero-order valence-corrected chi connectivity index (χ0v) is 10.7. The van der Waals surface area contributed by atoms with Gasteiger partial charge in [-0.2, -0.15) is 0 Å². The Bertz CT molecular complexity index is 722. The predicted octanol–water partition coefficient (Wildman–Crippen LogP) is 1.86. The molecule has 104 valence electrons. The molecule has 20 heavy (non-hydrogen) atoms. The van der Waals surface area contributed by atoms with Crippen molar-refractivity contribution in [2.75, 3.05) is 5.32 Å². The number of hydrogen-bond donors (Lipinski definition) is 2. The van der Waals surface area contributed by atoms with Crippen LogP contribution in [-0.2, 0) is 6.54 Å². The normalized spacial score (nSPS) is 10.2. The predicted molar refractivity (Wildman–Crippen MR) is 72.0 cm³/mol. The van der Waals surface area contributed by atoms with Crippen LogP contribution in [0.15, 0.2) is 28.4 Å². The summed E-state index contributed by atoms with van der Waals surface area (Å²) in [6, 6.07) is 3.32. The number of hydrogen-bond acceptors (Lipinski definition) is 7. The van der Waals surface area contributed by atoms with E-state index >= 15 is 0 Å². The number of aromatic nitrogens is 1. The Morgan fingerprint density at radius 3 is 2.55 bits per heavy atom. The maximum absolute atomic E-state index is 10.9. The molecule has 10 heteroatoms. The standard InChI is InChI=1S/C10H8N4O5S/c15-10-12-6(5-20-10)4-11-8-2-1-7(13(16)17)3-9(8)14(18)19/h1-3,5,11H,4H2,(H,12,15). The molecule has 0 amide bonds. The Hall–Kier alpha value is -2.75. The molecule has 0 aliphatic carbocycles. The average molecular weight is 296 g/mol. The second kappa shape index (κ2) is 5.48. The van der Waals surface area contributed by atoms with Crippen LogP contribution < -0.4 is 10.2 Å². The first kappa shape index (κ1) is 13.7. The molecule has 0 spiro atoms. The van der Waals surface area contributed by atoms with Gasteiger partial charge in [-0.25, -0.2) is 0 Å². The number of nitro benzene ring substituents is 2. The number of non-ortho nitro benzene ring substituents is 1. The number of nitrogens with one attached hydrogen (secondary N) is 2. The highest BCUT2D eigenvalue weighted by atomic mass is 32.1. The van der Waals surface area contributed by atoms with Crippen molar-refractivity contribution >= 4 is 28.4 Å². The van der Waals surface area contributed by atoms with Gasteiger partial charge in [0.2, 0.25) is 0 Å². The van der Waals surface area contributed by atoms with Crippen LogP contribution >= 0.6 is 11.3 Å². The summed E-state index contributed by atoms with van der Waals surface area (Å²) in [6.45, 7) is 0.178. The van der Waals surface area contributed by atoms with Crippen LogP contribution in [0, 0.1) is 20.2 Å². The van der Waals surface area contributed by atoms with Crippen LogP contribution in [0.1, 0.15) is 5.69 Å². The van der Waals surface area contributed by atoms with Crippen LogP contribution in [0.2, 0.25) is 0 Å². The van der Waals surface area contributed by atoms with Gasteiger partial charge >= 0.3 is 4.87 Å². The van der Waals surface area contributed by atoms with Crippen LogP contribution in [0.4, 0.5) is 17.1 Å². The minimum absolute atomic E-state index is 0.146. The number of aromatic amines is 1. The molecule has 2 rings (SSSR count). The van der Waals surface area contributed by atoms with E-state index < -0.39 is 15.5 Å². The van der Waals surface area contributed by atoms with E-state index in [1.807, 2.05) is 0 Å². The molecule has 0 aliphatic rings. The smallest absolute Gasteiger partial charge is 0.304 e. The van der Waals surface area contributed by atoms with Crippen molar-refractivity contribution < 1.29 is 9.85 Å². The number of nitro groups is 2. The fraction of sp³-hybridized carbons (Fsp3) is 0.100. The Morgan fingerprint density at radius 2 is 2.00 bits per heavy atom. The fourth-order valence-corrected chi connectivity index (χ4v) is 2.11. The van der Waals surface area contributed by atoms with Gasteiger partial charge in [0, 0.05) is 17.1 Å². The molecule has 0 saturated carbocycles. The zero-order chi connectivity index (χ0) is 14.7. The van der Waals surface area contributed by atoms with E-state index in [9.17, 15) is 25.0 Å². The third kappa shape index (κ3) is 2.98. The third-order valence-electron chi connectivity index (χ3n) is 2.43. The molecule has 1 aromatic carbocycles. The van der Waals surface area contributed by atoms with Crippen molar-refractivity contribution in [3.63, 3.8) is 0 Å². The summed E-state index contributed by atoms with van der Waals surface area (Å²) in [5.41, 5.74) is -0.0248. The molecular formula is C10H8N4O5S. The van der Waals surface area contributed by atoms with Gasteiger partial charge in [-0.05, 0) is 6.07 Å². The molecule has 0 radical (unpaired) electrons. The lowest BCUT2D eigenvalue weighted by atomic mass is 10.2. The lowest BCUT2D eigenvalue weighted by Crippen LogP contribution is -2.05. The number of anilines is 1. The zero-order valence-electron chi connectivity index (χ0n) is 9.86. The summed E-state index contributed by atoms with van der Waals surface area (Å²) in [6.07, 6.45) is 0. The second-order valence-corrected chi connectivity index (χ2v) is 4.58. The maximum Gasteiger partial charge on any atom is 0.304 e. The monoisotopic (exact) mass is 296 g/mol. The fourth-order valence-electron chi connectivity index (χ4n) is 1.53. The first-order chi connectivity index (χ1) is 9.47. The highest BCUT2D eigenvalue weighted by molar-refractivity contribution is 7.07. The van der Waals surface area contributed by atoms with E-state index in [0.717, 1.165) is 17.4 Å². The van der Waals surface area contributed by atoms with Gasteiger partial charge in [0.15, 0.2) is 0 Å². The van der Waals surface area contributed by atoms with Gasteiger partial charge < -0.3 is 10.3 Å². The molecule has 0 fully saturated rings. The molecule has 2 aromatic rings. The lowest BCUT2D eigenvalue weighted by Gasteiger charge is -2.05. The molecule has 1 heterocycles. The first-order valence-electron chi connectivity index (χ1n) is 5.31. The van der Waals surface area contributed by atoms with E-state index in [-0.39, 0.29) is 22.8 Å². The van der Waals surface area contributed by atoms with Gasteiger partial charge in [0.1, 0.15) is 5.69 Å². The maximum atomic E-state index is 10.9. The van der Waals surface area contributed by atoms with Crippen LogP contribution in [0.5, 0.6) is 0 Å².